The van der Waals surface area contributed by atoms with Gasteiger partial charge in [-0.15, -0.1) is 0 Å². The number of nitrogens with one attached hydrogen (secondary N) is 1. The van der Waals surface area contributed by atoms with Gasteiger partial charge in [0.1, 0.15) is 0 Å². The molecule has 6 nitrogen and oxygen atoms in total. The first-order valence-electron chi connectivity index (χ1n) is 6.31. The fourth-order valence-corrected chi connectivity index (χ4v) is 2.53. The van der Waals surface area contributed by atoms with E-state index in [4.69, 9.17) is 10.5 Å². The second kappa shape index (κ2) is 7.33. The molecule has 0 aromatic carbocycles. The molecule has 0 aromatic rings. The van der Waals surface area contributed by atoms with Gasteiger partial charge in [-0.05, 0) is 12.3 Å². The lowest BCUT2D eigenvalue weighted by molar-refractivity contribution is -0.142. The van der Waals surface area contributed by atoms with E-state index >= 15 is 0 Å². The first kappa shape index (κ1) is 14.9. The zero-order chi connectivity index (χ0) is 13.5. The van der Waals surface area contributed by atoms with Crippen LogP contribution in [-0.2, 0) is 14.3 Å². The molecule has 1 amide bonds. The number of nitrogens with zero attached hydrogens (tertiary/aromatic N) is 1. The lowest BCUT2D eigenvalue weighted by Gasteiger charge is -2.37. The molecule has 3 N–H and O–H groups in total. The van der Waals surface area contributed by atoms with Gasteiger partial charge in [0.15, 0.2) is 0 Å². The first-order valence-corrected chi connectivity index (χ1v) is 6.31. The second-order valence-corrected chi connectivity index (χ2v) is 4.83. The SMILES string of the molecule is COC(=O)CC1CC(NC(C)=O)CN(CCN)C1. The fraction of sp³-hybridized carbons (Fsp3) is 0.833. The van der Waals surface area contributed by atoms with Gasteiger partial charge in [0.05, 0.1) is 7.11 Å². The first-order chi connectivity index (χ1) is 8.55. The van der Waals surface area contributed by atoms with E-state index in [1.54, 1.807) is 0 Å². The normalized spacial score (nSPS) is 24.6. The number of nitrogens with two attached hydrogens (primary N) is 1. The molecule has 18 heavy (non-hydrogen) atoms. The van der Waals surface area contributed by atoms with Crippen molar-refractivity contribution in [1.29, 1.82) is 0 Å². The van der Waals surface area contributed by atoms with Gasteiger partial charge < -0.3 is 15.8 Å². The van der Waals surface area contributed by atoms with E-state index < -0.39 is 0 Å². The molecule has 0 aliphatic carbocycles. The Morgan fingerprint density at radius 2 is 2.17 bits per heavy atom. The van der Waals surface area contributed by atoms with Crippen molar-refractivity contribution in [2.45, 2.75) is 25.8 Å². The predicted octanol–water partition coefficient (Wildman–Crippen LogP) is -0.665. The standard InChI is InChI=1S/C12H23N3O3/c1-9(16)14-11-5-10(6-12(17)18-2)7-15(8-11)4-3-13/h10-11H,3-8,13H2,1-2H3,(H,14,16). The second-order valence-electron chi connectivity index (χ2n) is 4.83. The lowest BCUT2D eigenvalue weighted by Crippen LogP contribution is -2.51. The molecule has 2 unspecified atom stereocenters. The third-order valence-corrected chi connectivity index (χ3v) is 3.15. The molecule has 0 aromatic heterocycles. The zero-order valence-corrected chi connectivity index (χ0v) is 11.1. The van der Waals surface area contributed by atoms with Crippen molar-refractivity contribution >= 4 is 11.9 Å². The molecule has 1 heterocycles. The van der Waals surface area contributed by atoms with Gasteiger partial charge in [0.25, 0.3) is 0 Å². The number of methoxy groups -OCH3 is 1. The summed E-state index contributed by atoms with van der Waals surface area (Å²) in [5, 5.41) is 2.92. The highest BCUT2D eigenvalue weighted by atomic mass is 16.5. The molecule has 2 atom stereocenters. The summed E-state index contributed by atoms with van der Waals surface area (Å²) in [5.41, 5.74) is 5.56. The molecule has 0 spiro atoms. The molecule has 1 rings (SSSR count). The van der Waals surface area contributed by atoms with E-state index in [-0.39, 0.29) is 23.8 Å². The van der Waals surface area contributed by atoms with Crippen LogP contribution in [0.15, 0.2) is 0 Å². The van der Waals surface area contributed by atoms with Crippen molar-refractivity contribution in [2.24, 2.45) is 11.7 Å². The van der Waals surface area contributed by atoms with Crippen LogP contribution < -0.4 is 11.1 Å². The molecule has 104 valence electrons. The van der Waals surface area contributed by atoms with Crippen LogP contribution in [0.2, 0.25) is 0 Å². The largest absolute Gasteiger partial charge is 0.469 e. The monoisotopic (exact) mass is 257 g/mol. The molecule has 1 aliphatic heterocycles. The molecule has 0 saturated carbocycles. The minimum atomic E-state index is -0.198. The van der Waals surface area contributed by atoms with Crippen LogP contribution in [0.3, 0.4) is 0 Å². The van der Waals surface area contributed by atoms with Crippen LogP contribution in [0.4, 0.5) is 0 Å². The van der Waals surface area contributed by atoms with Crippen molar-refractivity contribution in [2.75, 3.05) is 33.3 Å². The van der Waals surface area contributed by atoms with Crippen molar-refractivity contribution < 1.29 is 14.3 Å². The van der Waals surface area contributed by atoms with Crippen LogP contribution >= 0.6 is 0 Å². The summed E-state index contributed by atoms with van der Waals surface area (Å²) in [6.45, 7) is 4.51. The number of rotatable bonds is 5. The Balaban J connectivity index is 2.55. The highest BCUT2D eigenvalue weighted by Gasteiger charge is 2.28. The Hall–Kier alpha value is -1.14. The van der Waals surface area contributed by atoms with E-state index in [2.05, 4.69) is 10.2 Å². The molecular weight excluding hydrogens is 234 g/mol. The van der Waals surface area contributed by atoms with Gasteiger partial charge in [0.2, 0.25) is 5.91 Å². The van der Waals surface area contributed by atoms with Crippen LogP contribution in [0.5, 0.6) is 0 Å². The number of likely N-dealkylation sites (tertiary alicyclic amines) is 1. The van der Waals surface area contributed by atoms with Crippen molar-refractivity contribution in [1.82, 2.24) is 10.2 Å². The van der Waals surface area contributed by atoms with E-state index in [0.717, 1.165) is 26.1 Å². The third-order valence-electron chi connectivity index (χ3n) is 3.15. The lowest BCUT2D eigenvalue weighted by atomic mass is 9.91. The Labute approximate surface area is 108 Å². The number of hydrogen-bond acceptors (Lipinski definition) is 5. The van der Waals surface area contributed by atoms with Gasteiger partial charge in [-0.2, -0.15) is 0 Å². The minimum absolute atomic E-state index is 0.0357. The summed E-state index contributed by atoms with van der Waals surface area (Å²) >= 11 is 0. The molecule has 1 aliphatic rings. The third kappa shape index (κ3) is 5.01. The minimum Gasteiger partial charge on any atom is -0.469 e. The summed E-state index contributed by atoms with van der Waals surface area (Å²) in [6.07, 6.45) is 1.21. The van der Waals surface area contributed by atoms with Crippen molar-refractivity contribution in [3.05, 3.63) is 0 Å². The smallest absolute Gasteiger partial charge is 0.305 e. The summed E-state index contributed by atoms with van der Waals surface area (Å²) < 4.78 is 4.70. The summed E-state index contributed by atoms with van der Waals surface area (Å²) in [7, 11) is 1.40. The number of hydrogen-bond donors (Lipinski definition) is 2. The number of carbonyl (C=O) groups excluding carboxylic acids is 2. The molecular formula is C12H23N3O3. The maximum Gasteiger partial charge on any atom is 0.305 e. The van der Waals surface area contributed by atoms with Crippen molar-refractivity contribution in [3.63, 3.8) is 0 Å². The molecule has 1 fully saturated rings. The number of amides is 1. The zero-order valence-electron chi connectivity index (χ0n) is 11.1. The summed E-state index contributed by atoms with van der Waals surface area (Å²) in [6, 6.07) is 0.0949. The van der Waals surface area contributed by atoms with Crippen LogP contribution in [0.1, 0.15) is 19.8 Å². The highest BCUT2D eigenvalue weighted by Crippen LogP contribution is 2.20. The van der Waals surface area contributed by atoms with Gasteiger partial charge in [0, 0.05) is 45.6 Å². The van der Waals surface area contributed by atoms with Crippen LogP contribution in [-0.4, -0.2) is 56.1 Å². The van der Waals surface area contributed by atoms with E-state index in [9.17, 15) is 9.59 Å². The van der Waals surface area contributed by atoms with Gasteiger partial charge in [-0.1, -0.05) is 0 Å². The summed E-state index contributed by atoms with van der Waals surface area (Å²) in [4.78, 5) is 24.6. The highest BCUT2D eigenvalue weighted by molar-refractivity contribution is 5.73. The molecule has 0 radical (unpaired) electrons. The predicted molar refractivity (Wildman–Crippen MR) is 67.8 cm³/mol. The topological polar surface area (TPSA) is 84.7 Å². The Bertz CT molecular complexity index is 296. The number of ether oxygens (including phenoxy) is 1. The Morgan fingerprint density at radius 3 is 2.72 bits per heavy atom. The molecule has 6 heteroatoms. The van der Waals surface area contributed by atoms with Crippen LogP contribution in [0, 0.1) is 5.92 Å². The number of carbonyl (C=O) groups is 2. The maximum atomic E-state index is 11.3. The van der Waals surface area contributed by atoms with Crippen molar-refractivity contribution in [3.8, 4) is 0 Å². The quantitative estimate of drug-likeness (QED) is 0.638. The Kier molecular flexibility index (Phi) is 6.07. The molecule has 0 bridgehead atoms. The molecule has 1 saturated heterocycles. The van der Waals surface area contributed by atoms with Gasteiger partial charge >= 0.3 is 5.97 Å². The Morgan fingerprint density at radius 1 is 1.44 bits per heavy atom. The number of esters is 1. The van der Waals surface area contributed by atoms with Crippen LogP contribution in [0.25, 0.3) is 0 Å². The fourth-order valence-electron chi connectivity index (χ4n) is 2.53. The van der Waals surface area contributed by atoms with E-state index in [0.29, 0.717) is 13.0 Å². The van der Waals surface area contributed by atoms with E-state index in [1.165, 1.54) is 14.0 Å². The maximum absolute atomic E-state index is 11.3. The van der Waals surface area contributed by atoms with E-state index in [1.807, 2.05) is 0 Å². The summed E-state index contributed by atoms with van der Waals surface area (Å²) in [5.74, 6) is -0.0165. The average Bonchev–Trinajstić information content (AvgIpc) is 2.28. The van der Waals surface area contributed by atoms with Gasteiger partial charge in [-0.3, -0.25) is 14.5 Å². The van der Waals surface area contributed by atoms with Gasteiger partial charge in [-0.25, -0.2) is 0 Å². The number of piperidine rings is 1. The average molecular weight is 257 g/mol.